The van der Waals surface area contributed by atoms with Crippen LogP contribution >= 0.6 is 0 Å². The summed E-state index contributed by atoms with van der Waals surface area (Å²) in [7, 11) is 0. The van der Waals surface area contributed by atoms with Gasteiger partial charge in [0.15, 0.2) is 12.1 Å². The molecule has 1 heterocycles. The number of halogens is 1. The number of aromatic nitrogens is 2. The summed E-state index contributed by atoms with van der Waals surface area (Å²) in [6, 6.07) is 3.04. The van der Waals surface area contributed by atoms with Crippen molar-refractivity contribution in [3.63, 3.8) is 0 Å². The van der Waals surface area contributed by atoms with Gasteiger partial charge in [0, 0.05) is 0 Å². The third-order valence-electron chi connectivity index (χ3n) is 1.69. The summed E-state index contributed by atoms with van der Waals surface area (Å²) in [6.45, 7) is 0. The lowest BCUT2D eigenvalue weighted by Crippen LogP contribution is -1.88. The van der Waals surface area contributed by atoms with Crippen molar-refractivity contribution in [3.05, 3.63) is 29.8 Å². The van der Waals surface area contributed by atoms with Gasteiger partial charge in [0.25, 0.3) is 0 Å². The van der Waals surface area contributed by atoms with E-state index >= 15 is 0 Å². The van der Waals surface area contributed by atoms with Gasteiger partial charge < -0.3 is 4.98 Å². The van der Waals surface area contributed by atoms with E-state index in [-0.39, 0.29) is 11.1 Å². The largest absolute Gasteiger partial charge is 0.345 e. The van der Waals surface area contributed by atoms with Crippen molar-refractivity contribution in [2.45, 2.75) is 0 Å². The van der Waals surface area contributed by atoms with Crippen molar-refractivity contribution in [1.29, 1.82) is 0 Å². The van der Waals surface area contributed by atoms with Gasteiger partial charge in [-0.15, -0.1) is 0 Å². The molecule has 1 aromatic carbocycles. The second-order valence-corrected chi connectivity index (χ2v) is 2.39. The molecule has 1 aromatic heterocycles. The highest BCUT2D eigenvalue weighted by atomic mass is 19.1. The van der Waals surface area contributed by atoms with E-state index in [1.807, 2.05) is 0 Å². The third-order valence-corrected chi connectivity index (χ3v) is 1.69. The van der Waals surface area contributed by atoms with Crippen LogP contribution in [0, 0.1) is 5.82 Å². The molecule has 0 unspecified atom stereocenters. The molecule has 4 heteroatoms. The number of imidazole rings is 1. The Kier molecular flexibility index (Phi) is 1.40. The molecule has 0 aliphatic heterocycles. The van der Waals surface area contributed by atoms with Crippen molar-refractivity contribution in [2.75, 3.05) is 0 Å². The Morgan fingerprint density at radius 1 is 1.50 bits per heavy atom. The Morgan fingerprint density at radius 3 is 3.08 bits per heavy atom. The van der Waals surface area contributed by atoms with Crippen molar-refractivity contribution in [1.82, 2.24) is 9.97 Å². The molecule has 2 aromatic rings. The van der Waals surface area contributed by atoms with Gasteiger partial charge in [0.05, 0.1) is 17.4 Å². The molecule has 60 valence electrons. The molecule has 0 spiro atoms. The van der Waals surface area contributed by atoms with Gasteiger partial charge in [-0.2, -0.15) is 0 Å². The number of carbonyl (C=O) groups is 1. The molecule has 0 bridgehead atoms. The molecule has 0 fully saturated rings. The zero-order chi connectivity index (χ0) is 8.55. The van der Waals surface area contributed by atoms with Gasteiger partial charge in [-0.1, -0.05) is 0 Å². The first kappa shape index (κ1) is 6.97. The van der Waals surface area contributed by atoms with Gasteiger partial charge in [-0.25, -0.2) is 9.37 Å². The molecule has 12 heavy (non-hydrogen) atoms. The lowest BCUT2D eigenvalue weighted by molar-refractivity contribution is 0.112. The summed E-state index contributed by atoms with van der Waals surface area (Å²) in [4.78, 5) is 16.8. The quantitative estimate of drug-likeness (QED) is 0.649. The molecule has 3 nitrogen and oxygen atoms in total. The van der Waals surface area contributed by atoms with Crippen LogP contribution in [-0.2, 0) is 0 Å². The van der Waals surface area contributed by atoms with Crippen LogP contribution in [0.15, 0.2) is 18.5 Å². The topological polar surface area (TPSA) is 45.8 Å². The highest BCUT2D eigenvalue weighted by Gasteiger charge is 2.07. The Balaban J connectivity index is 2.86. The fourth-order valence-corrected chi connectivity index (χ4v) is 1.08. The molecule has 0 aliphatic rings. The Morgan fingerprint density at radius 2 is 2.33 bits per heavy atom. The van der Waals surface area contributed by atoms with Gasteiger partial charge >= 0.3 is 0 Å². The first-order chi connectivity index (χ1) is 5.83. The predicted octanol–water partition coefficient (Wildman–Crippen LogP) is 1.51. The van der Waals surface area contributed by atoms with Crippen molar-refractivity contribution in [3.8, 4) is 0 Å². The number of benzene rings is 1. The van der Waals surface area contributed by atoms with Gasteiger partial charge in [-0.05, 0) is 12.1 Å². The van der Waals surface area contributed by atoms with E-state index in [2.05, 4.69) is 9.97 Å². The molecule has 0 saturated heterocycles. The minimum atomic E-state index is -0.566. The molecule has 0 aliphatic carbocycles. The van der Waals surface area contributed by atoms with Gasteiger partial charge in [0.1, 0.15) is 5.52 Å². The predicted molar refractivity (Wildman–Crippen MR) is 41.4 cm³/mol. The molecule has 0 saturated carbocycles. The van der Waals surface area contributed by atoms with Crippen LogP contribution in [0.4, 0.5) is 4.39 Å². The smallest absolute Gasteiger partial charge is 0.161 e. The van der Waals surface area contributed by atoms with Crippen LogP contribution < -0.4 is 0 Å². The molecule has 0 atom stereocenters. The van der Waals surface area contributed by atoms with Crippen LogP contribution in [0.2, 0.25) is 0 Å². The number of nitrogens with one attached hydrogen (secondary N) is 1. The summed E-state index contributed by atoms with van der Waals surface area (Å²) in [5.41, 5.74) is 0.840. The monoisotopic (exact) mass is 164 g/mol. The van der Waals surface area contributed by atoms with Crippen LogP contribution in [0.1, 0.15) is 10.4 Å². The zero-order valence-electron chi connectivity index (χ0n) is 6.04. The van der Waals surface area contributed by atoms with Crippen LogP contribution in [0.3, 0.4) is 0 Å². The van der Waals surface area contributed by atoms with E-state index in [1.165, 1.54) is 12.4 Å². The molecule has 2 rings (SSSR count). The number of aldehydes is 1. The second-order valence-electron chi connectivity index (χ2n) is 2.39. The van der Waals surface area contributed by atoms with Crippen LogP contribution in [0.25, 0.3) is 11.0 Å². The molecular weight excluding hydrogens is 159 g/mol. The van der Waals surface area contributed by atoms with E-state index in [9.17, 15) is 9.18 Å². The first-order valence-corrected chi connectivity index (χ1v) is 3.39. The zero-order valence-corrected chi connectivity index (χ0v) is 6.04. The summed E-state index contributed by atoms with van der Waals surface area (Å²) in [5, 5.41) is 0. The van der Waals surface area contributed by atoms with Crippen molar-refractivity contribution in [2.24, 2.45) is 0 Å². The van der Waals surface area contributed by atoms with E-state index in [1.54, 1.807) is 6.07 Å². The fraction of sp³-hybridized carbons (Fsp3) is 0. The SMILES string of the molecule is O=Cc1ccc2[nH]cnc2c1F. The van der Waals surface area contributed by atoms with E-state index < -0.39 is 5.82 Å². The molecule has 1 N–H and O–H groups in total. The summed E-state index contributed by atoms with van der Waals surface area (Å²) < 4.78 is 13.2. The highest BCUT2D eigenvalue weighted by molar-refractivity contribution is 5.85. The van der Waals surface area contributed by atoms with Crippen LogP contribution in [0.5, 0.6) is 0 Å². The standard InChI is InChI=1S/C8H5FN2O/c9-7-5(3-12)1-2-6-8(7)11-4-10-6/h1-4H,(H,10,11). The van der Waals surface area contributed by atoms with E-state index in [4.69, 9.17) is 0 Å². The first-order valence-electron chi connectivity index (χ1n) is 3.39. The molecule has 0 radical (unpaired) electrons. The van der Waals surface area contributed by atoms with Gasteiger partial charge in [0.2, 0.25) is 0 Å². The number of nitrogens with zero attached hydrogens (tertiary/aromatic N) is 1. The second kappa shape index (κ2) is 2.41. The maximum atomic E-state index is 13.2. The maximum Gasteiger partial charge on any atom is 0.161 e. The number of hydrogen-bond acceptors (Lipinski definition) is 2. The van der Waals surface area contributed by atoms with E-state index in [0.717, 1.165) is 0 Å². The minimum Gasteiger partial charge on any atom is -0.345 e. The number of fused-ring (bicyclic) bond motifs is 1. The average Bonchev–Trinajstić information content (AvgIpc) is 2.53. The summed E-state index contributed by atoms with van der Waals surface area (Å²) in [6.07, 6.45) is 1.87. The highest BCUT2D eigenvalue weighted by Crippen LogP contribution is 2.15. The van der Waals surface area contributed by atoms with Gasteiger partial charge in [-0.3, -0.25) is 4.79 Å². The minimum absolute atomic E-state index is 0.0367. The number of carbonyl (C=O) groups excluding carboxylic acids is 1. The lowest BCUT2D eigenvalue weighted by Gasteiger charge is -1.93. The number of rotatable bonds is 1. The maximum absolute atomic E-state index is 13.2. The average molecular weight is 164 g/mol. The van der Waals surface area contributed by atoms with Crippen molar-refractivity contribution >= 4 is 17.3 Å². The molecule has 0 amide bonds. The third kappa shape index (κ3) is 0.812. The number of aromatic amines is 1. The number of hydrogen-bond donors (Lipinski definition) is 1. The Hall–Kier alpha value is -1.71. The van der Waals surface area contributed by atoms with Crippen molar-refractivity contribution < 1.29 is 9.18 Å². The summed E-state index contributed by atoms with van der Waals surface area (Å²) >= 11 is 0. The Bertz CT molecular complexity index is 436. The molecular formula is C8H5FN2O. The van der Waals surface area contributed by atoms with E-state index in [0.29, 0.717) is 11.8 Å². The Labute approximate surface area is 67.2 Å². The normalized spacial score (nSPS) is 10.4. The van der Waals surface area contributed by atoms with Crippen LogP contribution in [-0.4, -0.2) is 16.3 Å². The summed E-state index contributed by atoms with van der Waals surface area (Å²) in [5.74, 6) is -0.566. The fourth-order valence-electron chi connectivity index (χ4n) is 1.08. The number of H-pyrrole nitrogens is 1. The lowest BCUT2D eigenvalue weighted by atomic mass is 10.2.